The Bertz CT molecular complexity index is 345. The zero-order valence-electron chi connectivity index (χ0n) is 10.8. The van der Waals surface area contributed by atoms with E-state index < -0.39 is 0 Å². The summed E-state index contributed by atoms with van der Waals surface area (Å²) in [4.78, 5) is 10.7. The molecule has 0 radical (unpaired) electrons. The van der Waals surface area contributed by atoms with Crippen molar-refractivity contribution in [3.8, 4) is 0 Å². The highest BCUT2D eigenvalue weighted by Gasteiger charge is 2.09. The monoisotopic (exact) mass is 239 g/mol. The zero-order chi connectivity index (χ0) is 12.7. The number of hydrogen-bond donors (Lipinski definition) is 1. The molecule has 0 unspecified atom stereocenters. The summed E-state index contributed by atoms with van der Waals surface area (Å²) in [5.74, 6) is 0.663. The quantitative estimate of drug-likeness (QED) is 0.723. The van der Waals surface area contributed by atoms with Crippen LogP contribution in [0.4, 0.5) is 5.95 Å². The van der Waals surface area contributed by atoms with E-state index >= 15 is 0 Å². The van der Waals surface area contributed by atoms with Gasteiger partial charge in [-0.25, -0.2) is 9.97 Å². The number of aryl methyl sites for hydroxylation is 1. The summed E-state index contributed by atoms with van der Waals surface area (Å²) in [6.07, 6.45) is 0. The Balaban J connectivity index is 2.76. The van der Waals surface area contributed by atoms with E-state index in [1.807, 2.05) is 18.7 Å². The van der Waals surface area contributed by atoms with E-state index in [0.29, 0.717) is 24.9 Å². The van der Waals surface area contributed by atoms with Gasteiger partial charge in [0.1, 0.15) is 0 Å². The second-order valence-corrected chi connectivity index (χ2v) is 3.74. The number of rotatable bonds is 7. The fourth-order valence-electron chi connectivity index (χ4n) is 1.56. The van der Waals surface area contributed by atoms with Crippen molar-refractivity contribution in [2.75, 3.05) is 31.2 Å². The van der Waals surface area contributed by atoms with Crippen LogP contribution in [0.1, 0.15) is 25.2 Å². The van der Waals surface area contributed by atoms with Crippen molar-refractivity contribution in [1.82, 2.24) is 9.97 Å². The molecule has 1 aromatic heterocycles. The summed E-state index contributed by atoms with van der Waals surface area (Å²) in [5.41, 5.74) is 1.52. The van der Waals surface area contributed by atoms with Crippen molar-refractivity contribution in [3.63, 3.8) is 0 Å². The lowest BCUT2D eigenvalue weighted by molar-refractivity contribution is 0.153. The molecular formula is C12H21N3O2. The number of aliphatic hydroxyl groups is 1. The van der Waals surface area contributed by atoms with E-state index in [-0.39, 0.29) is 6.61 Å². The first kappa shape index (κ1) is 13.9. The van der Waals surface area contributed by atoms with E-state index in [4.69, 9.17) is 9.84 Å². The summed E-state index contributed by atoms with van der Waals surface area (Å²) in [7, 11) is 0. The third-order valence-electron chi connectivity index (χ3n) is 2.43. The maximum absolute atomic E-state index is 9.12. The predicted molar refractivity (Wildman–Crippen MR) is 67.1 cm³/mol. The van der Waals surface area contributed by atoms with Crippen LogP contribution in [0.2, 0.25) is 0 Å². The van der Waals surface area contributed by atoms with Crippen LogP contribution in [0.25, 0.3) is 0 Å². The Labute approximate surface area is 102 Å². The highest BCUT2D eigenvalue weighted by molar-refractivity contribution is 5.31. The molecule has 1 rings (SSSR count). The summed E-state index contributed by atoms with van der Waals surface area (Å²) in [5, 5.41) is 9.12. The van der Waals surface area contributed by atoms with Gasteiger partial charge in [-0.3, -0.25) is 0 Å². The molecule has 1 aromatic rings. The van der Waals surface area contributed by atoms with Gasteiger partial charge in [-0.1, -0.05) is 0 Å². The van der Waals surface area contributed by atoms with E-state index in [1.54, 1.807) is 6.07 Å². The average molecular weight is 239 g/mol. The van der Waals surface area contributed by atoms with Gasteiger partial charge in [-0.05, 0) is 26.8 Å². The number of hydrogen-bond acceptors (Lipinski definition) is 5. The third kappa shape index (κ3) is 4.28. The van der Waals surface area contributed by atoms with Crippen molar-refractivity contribution in [2.24, 2.45) is 0 Å². The van der Waals surface area contributed by atoms with Gasteiger partial charge in [-0.2, -0.15) is 0 Å². The zero-order valence-corrected chi connectivity index (χ0v) is 10.8. The number of anilines is 1. The van der Waals surface area contributed by atoms with Gasteiger partial charge < -0.3 is 14.7 Å². The third-order valence-corrected chi connectivity index (χ3v) is 2.43. The molecule has 0 saturated heterocycles. The van der Waals surface area contributed by atoms with Gasteiger partial charge in [0.2, 0.25) is 5.95 Å². The van der Waals surface area contributed by atoms with Gasteiger partial charge >= 0.3 is 0 Å². The van der Waals surface area contributed by atoms with Crippen molar-refractivity contribution < 1.29 is 9.84 Å². The number of likely N-dealkylation sites (N-methyl/N-ethyl adjacent to an activating group) is 1. The largest absolute Gasteiger partial charge is 0.390 e. The molecule has 0 saturated carbocycles. The topological polar surface area (TPSA) is 58.5 Å². The van der Waals surface area contributed by atoms with Crippen LogP contribution in [0.5, 0.6) is 0 Å². The van der Waals surface area contributed by atoms with Gasteiger partial charge in [0, 0.05) is 25.4 Å². The molecule has 1 heterocycles. The molecule has 0 bridgehead atoms. The molecule has 17 heavy (non-hydrogen) atoms. The Morgan fingerprint density at radius 1 is 1.35 bits per heavy atom. The fourth-order valence-corrected chi connectivity index (χ4v) is 1.56. The first-order valence-corrected chi connectivity index (χ1v) is 5.99. The standard InChI is InChI=1S/C12H21N3O2/c1-4-15(6-7-17-5-2)12-13-10(3)8-11(9-16)14-12/h8,16H,4-7,9H2,1-3H3. The number of nitrogens with zero attached hydrogens (tertiary/aromatic N) is 3. The van der Waals surface area contributed by atoms with Crippen LogP contribution in [-0.2, 0) is 11.3 Å². The van der Waals surface area contributed by atoms with E-state index in [2.05, 4.69) is 16.9 Å². The van der Waals surface area contributed by atoms with Crippen molar-refractivity contribution in [3.05, 3.63) is 17.5 Å². The Morgan fingerprint density at radius 2 is 2.12 bits per heavy atom. The highest BCUT2D eigenvalue weighted by atomic mass is 16.5. The number of aliphatic hydroxyl groups excluding tert-OH is 1. The summed E-state index contributed by atoms with van der Waals surface area (Å²) in [6.45, 7) is 8.84. The molecule has 5 heteroatoms. The van der Waals surface area contributed by atoms with Crippen molar-refractivity contribution in [2.45, 2.75) is 27.4 Å². The highest BCUT2D eigenvalue weighted by Crippen LogP contribution is 2.10. The lowest BCUT2D eigenvalue weighted by atomic mass is 10.3. The normalized spacial score (nSPS) is 10.6. The minimum absolute atomic E-state index is 0.0562. The van der Waals surface area contributed by atoms with Crippen LogP contribution < -0.4 is 4.90 Å². The smallest absolute Gasteiger partial charge is 0.225 e. The summed E-state index contributed by atoms with van der Waals surface area (Å²) >= 11 is 0. The Hall–Kier alpha value is -1.20. The minimum Gasteiger partial charge on any atom is -0.390 e. The molecule has 0 atom stereocenters. The molecule has 5 nitrogen and oxygen atoms in total. The van der Waals surface area contributed by atoms with Crippen molar-refractivity contribution >= 4 is 5.95 Å². The summed E-state index contributed by atoms with van der Waals surface area (Å²) < 4.78 is 5.33. The average Bonchev–Trinajstić information content (AvgIpc) is 2.34. The molecule has 0 aliphatic rings. The van der Waals surface area contributed by atoms with Crippen LogP contribution in [0.3, 0.4) is 0 Å². The van der Waals surface area contributed by atoms with Gasteiger partial charge in [0.05, 0.1) is 18.9 Å². The first-order chi connectivity index (χ1) is 8.21. The van der Waals surface area contributed by atoms with Crippen LogP contribution in [-0.4, -0.2) is 41.4 Å². The van der Waals surface area contributed by atoms with Gasteiger partial charge in [0.25, 0.3) is 0 Å². The molecule has 0 amide bonds. The van der Waals surface area contributed by atoms with Crippen molar-refractivity contribution in [1.29, 1.82) is 0 Å². The molecule has 0 aromatic carbocycles. The lowest BCUT2D eigenvalue weighted by Crippen LogP contribution is -2.29. The van der Waals surface area contributed by atoms with E-state index in [1.165, 1.54) is 0 Å². The van der Waals surface area contributed by atoms with Crippen LogP contribution in [0, 0.1) is 6.92 Å². The first-order valence-electron chi connectivity index (χ1n) is 5.99. The van der Waals surface area contributed by atoms with E-state index in [0.717, 1.165) is 18.8 Å². The second kappa shape index (κ2) is 7.19. The number of ether oxygens (including phenoxy) is 1. The summed E-state index contributed by atoms with van der Waals surface area (Å²) in [6, 6.07) is 1.79. The molecule has 0 fully saturated rings. The number of aromatic nitrogens is 2. The Morgan fingerprint density at radius 3 is 2.71 bits per heavy atom. The molecule has 96 valence electrons. The molecular weight excluding hydrogens is 218 g/mol. The Kier molecular flexibility index (Phi) is 5.86. The minimum atomic E-state index is -0.0562. The SMILES string of the molecule is CCOCCN(CC)c1nc(C)cc(CO)n1. The molecule has 0 aliphatic carbocycles. The lowest BCUT2D eigenvalue weighted by Gasteiger charge is -2.21. The van der Waals surface area contributed by atoms with Crippen LogP contribution in [0.15, 0.2) is 6.07 Å². The predicted octanol–water partition coefficient (Wildman–Crippen LogP) is 1.14. The fraction of sp³-hybridized carbons (Fsp3) is 0.667. The molecule has 0 aliphatic heterocycles. The second-order valence-electron chi connectivity index (χ2n) is 3.74. The van der Waals surface area contributed by atoms with E-state index in [9.17, 15) is 0 Å². The van der Waals surface area contributed by atoms with Gasteiger partial charge in [-0.15, -0.1) is 0 Å². The molecule has 0 spiro atoms. The molecule has 1 N–H and O–H groups in total. The van der Waals surface area contributed by atoms with Gasteiger partial charge in [0.15, 0.2) is 0 Å². The maximum Gasteiger partial charge on any atom is 0.225 e. The maximum atomic E-state index is 9.12. The van der Waals surface area contributed by atoms with Crippen LogP contribution >= 0.6 is 0 Å².